The van der Waals surface area contributed by atoms with E-state index in [4.69, 9.17) is 23.2 Å². The van der Waals surface area contributed by atoms with Gasteiger partial charge in [-0.15, -0.1) is 0 Å². The summed E-state index contributed by atoms with van der Waals surface area (Å²) in [6.07, 6.45) is 0. The van der Waals surface area contributed by atoms with Crippen molar-refractivity contribution < 1.29 is 13.5 Å². The highest BCUT2D eigenvalue weighted by atomic mass is 35.5. The quantitative estimate of drug-likeness (QED) is 0.879. The van der Waals surface area contributed by atoms with Crippen LogP contribution in [0.25, 0.3) is 11.0 Å². The van der Waals surface area contributed by atoms with Crippen LogP contribution in [0, 0.1) is 0 Å². The van der Waals surface area contributed by atoms with E-state index in [1.807, 2.05) is 13.8 Å². The molecule has 0 saturated carbocycles. The molecule has 130 valence electrons. The molecule has 0 saturated heterocycles. The number of sulfone groups is 1. The number of hydrogen-bond acceptors (Lipinski definition) is 4. The molecule has 0 radical (unpaired) electrons. The molecule has 0 amide bonds. The van der Waals surface area contributed by atoms with Gasteiger partial charge in [0.05, 0.1) is 26.8 Å². The Bertz CT molecular complexity index is 799. The summed E-state index contributed by atoms with van der Waals surface area (Å²) in [6.45, 7) is 6.98. The third-order valence-corrected chi connectivity index (χ3v) is 5.95. The molecule has 2 aromatic rings. The van der Waals surface area contributed by atoms with Crippen LogP contribution in [0.1, 0.15) is 33.5 Å². The van der Waals surface area contributed by atoms with Crippen LogP contribution >= 0.6 is 23.2 Å². The third-order valence-electron chi connectivity index (χ3n) is 3.35. The second-order valence-electron chi connectivity index (χ2n) is 5.20. The molecule has 0 aliphatic carbocycles. The lowest BCUT2D eigenvalue weighted by atomic mass is 10.1. The van der Waals surface area contributed by atoms with Gasteiger partial charge in [-0.25, -0.2) is 13.4 Å². The predicted molar refractivity (Wildman–Crippen MR) is 96.0 cm³/mol. The molecular formula is C15H22Cl2N2O3S. The lowest BCUT2D eigenvalue weighted by Crippen LogP contribution is -2.34. The Kier molecular flexibility index (Phi) is 6.49. The molecule has 1 atom stereocenters. The summed E-state index contributed by atoms with van der Waals surface area (Å²) in [7, 11) is -1.65. The molecule has 1 heterocycles. The largest absolute Gasteiger partial charge is 0.381 e. The van der Waals surface area contributed by atoms with Crippen LogP contribution in [0.2, 0.25) is 10.0 Å². The minimum Gasteiger partial charge on any atom is -0.381 e. The van der Waals surface area contributed by atoms with Crippen molar-refractivity contribution in [3.8, 4) is 0 Å². The van der Waals surface area contributed by atoms with Gasteiger partial charge >= 0.3 is 0 Å². The Balaban J connectivity index is 0.00000127. The molecule has 0 bridgehead atoms. The highest BCUT2D eigenvalue weighted by Gasteiger charge is 2.34. The van der Waals surface area contributed by atoms with Gasteiger partial charge in [0, 0.05) is 12.8 Å². The average molecular weight is 381 g/mol. The van der Waals surface area contributed by atoms with Gasteiger partial charge in [0.15, 0.2) is 9.84 Å². The summed E-state index contributed by atoms with van der Waals surface area (Å²) in [4.78, 5) is 4.31. The van der Waals surface area contributed by atoms with E-state index in [-0.39, 0.29) is 11.6 Å². The first-order valence-electron chi connectivity index (χ1n) is 7.32. The molecule has 0 spiro atoms. The van der Waals surface area contributed by atoms with Crippen molar-refractivity contribution in [2.24, 2.45) is 7.05 Å². The molecule has 0 fully saturated rings. The fourth-order valence-corrected chi connectivity index (χ4v) is 3.77. The summed E-state index contributed by atoms with van der Waals surface area (Å²) in [6, 6.07) is 3.23. The number of hydrogen-bond donors (Lipinski definition) is 1. The summed E-state index contributed by atoms with van der Waals surface area (Å²) >= 11 is 11.9. The van der Waals surface area contributed by atoms with E-state index in [0.29, 0.717) is 21.1 Å². The smallest absolute Gasteiger partial charge is 0.153 e. The maximum atomic E-state index is 11.8. The molecule has 1 aromatic carbocycles. The lowest BCUT2D eigenvalue weighted by molar-refractivity contribution is 0.0697. The second-order valence-corrected chi connectivity index (χ2v) is 8.37. The molecule has 1 N–H and O–H groups in total. The van der Waals surface area contributed by atoms with Crippen molar-refractivity contribution in [1.82, 2.24) is 9.55 Å². The number of imidazole rings is 1. The van der Waals surface area contributed by atoms with Gasteiger partial charge in [-0.1, -0.05) is 44.0 Å². The Morgan fingerprint density at radius 1 is 1.26 bits per heavy atom. The zero-order chi connectivity index (χ0) is 18.0. The Morgan fingerprint density at radius 3 is 2.30 bits per heavy atom. The highest BCUT2D eigenvalue weighted by Crippen LogP contribution is 2.31. The maximum absolute atomic E-state index is 11.8. The monoisotopic (exact) mass is 380 g/mol. The number of halogens is 2. The van der Waals surface area contributed by atoms with Crippen LogP contribution in [-0.2, 0) is 22.5 Å². The van der Waals surface area contributed by atoms with E-state index < -0.39 is 21.2 Å². The molecule has 2 rings (SSSR count). The van der Waals surface area contributed by atoms with E-state index in [9.17, 15) is 13.5 Å². The first-order chi connectivity index (χ1) is 10.6. The lowest BCUT2D eigenvalue weighted by Gasteiger charge is -2.22. The van der Waals surface area contributed by atoms with Crippen LogP contribution in [0.3, 0.4) is 0 Å². The number of rotatable bonds is 4. The van der Waals surface area contributed by atoms with Crippen LogP contribution < -0.4 is 0 Å². The molecule has 1 unspecified atom stereocenters. The minimum absolute atomic E-state index is 0.0370. The average Bonchev–Trinajstić information content (AvgIpc) is 2.78. The molecule has 5 nitrogen and oxygen atoms in total. The van der Waals surface area contributed by atoms with Crippen molar-refractivity contribution >= 4 is 44.1 Å². The van der Waals surface area contributed by atoms with Crippen LogP contribution in [0.15, 0.2) is 12.1 Å². The second kappa shape index (κ2) is 7.38. The van der Waals surface area contributed by atoms with Gasteiger partial charge in [0.1, 0.15) is 11.4 Å². The Labute approximate surface area is 147 Å². The van der Waals surface area contributed by atoms with Gasteiger partial charge < -0.3 is 9.67 Å². The summed E-state index contributed by atoms with van der Waals surface area (Å²) in [5, 5.41) is 11.3. The standard InChI is InChI=1S/C13H16Cl2N2O3S.C2H6/c1-4-21(19,20)7-13(2,18)12-16-10-5-8(14)9(15)6-11(10)17(12)3;1-2/h5-6,18H,4,7H2,1-3H3;1-2H3. The van der Waals surface area contributed by atoms with Crippen molar-refractivity contribution in [2.45, 2.75) is 33.3 Å². The van der Waals surface area contributed by atoms with Crippen LogP contribution in [0.5, 0.6) is 0 Å². The summed E-state index contributed by atoms with van der Waals surface area (Å²) < 4.78 is 25.2. The summed E-state index contributed by atoms with van der Waals surface area (Å²) in [5.41, 5.74) is -0.369. The van der Waals surface area contributed by atoms with E-state index in [1.165, 1.54) is 6.92 Å². The summed E-state index contributed by atoms with van der Waals surface area (Å²) in [5.74, 6) is -0.173. The van der Waals surface area contributed by atoms with Crippen LogP contribution in [0.4, 0.5) is 0 Å². The maximum Gasteiger partial charge on any atom is 0.153 e. The van der Waals surface area contributed by atoms with Gasteiger partial charge in [-0.3, -0.25) is 0 Å². The normalized spacial score (nSPS) is 14.3. The molecular weight excluding hydrogens is 359 g/mol. The van der Waals surface area contributed by atoms with Crippen molar-refractivity contribution in [1.29, 1.82) is 0 Å². The third kappa shape index (κ3) is 4.38. The SMILES string of the molecule is CC.CCS(=O)(=O)CC(C)(O)c1nc2cc(Cl)c(Cl)cc2n1C. The van der Waals surface area contributed by atoms with E-state index in [2.05, 4.69) is 4.98 Å². The van der Waals surface area contributed by atoms with Crippen molar-refractivity contribution in [3.63, 3.8) is 0 Å². The number of aliphatic hydroxyl groups is 1. The number of aromatic nitrogens is 2. The minimum atomic E-state index is -3.35. The first-order valence-corrected chi connectivity index (χ1v) is 9.90. The van der Waals surface area contributed by atoms with E-state index >= 15 is 0 Å². The zero-order valence-corrected chi connectivity index (χ0v) is 16.2. The molecule has 0 aliphatic heterocycles. The molecule has 1 aromatic heterocycles. The predicted octanol–water partition coefficient (Wildman–Crippen LogP) is 3.55. The van der Waals surface area contributed by atoms with Gasteiger partial charge in [0.2, 0.25) is 0 Å². The number of aryl methyl sites for hydroxylation is 1. The Hall–Kier alpha value is -0.820. The molecule has 0 aliphatic rings. The van der Waals surface area contributed by atoms with Crippen LogP contribution in [-0.4, -0.2) is 34.6 Å². The molecule has 8 heteroatoms. The number of nitrogens with zero attached hydrogens (tertiary/aromatic N) is 2. The fraction of sp³-hybridized carbons (Fsp3) is 0.533. The van der Waals surface area contributed by atoms with Gasteiger partial charge in [-0.2, -0.15) is 0 Å². The van der Waals surface area contributed by atoms with Gasteiger partial charge in [-0.05, 0) is 19.1 Å². The first kappa shape index (κ1) is 20.2. The van der Waals surface area contributed by atoms with E-state index in [0.717, 1.165) is 0 Å². The van der Waals surface area contributed by atoms with E-state index in [1.54, 1.807) is 30.7 Å². The topological polar surface area (TPSA) is 72.2 Å². The highest BCUT2D eigenvalue weighted by molar-refractivity contribution is 7.91. The van der Waals surface area contributed by atoms with Crippen molar-refractivity contribution in [3.05, 3.63) is 28.0 Å². The van der Waals surface area contributed by atoms with Gasteiger partial charge in [0.25, 0.3) is 0 Å². The number of benzene rings is 1. The number of fused-ring (bicyclic) bond motifs is 1. The molecule has 23 heavy (non-hydrogen) atoms. The zero-order valence-electron chi connectivity index (χ0n) is 13.9. The Morgan fingerprint density at radius 2 is 1.78 bits per heavy atom. The van der Waals surface area contributed by atoms with Crippen molar-refractivity contribution in [2.75, 3.05) is 11.5 Å². The fourth-order valence-electron chi connectivity index (χ4n) is 2.26.